The molecule has 15 heteroatoms. The zero-order chi connectivity index (χ0) is 29.2. The zero-order valence-corrected chi connectivity index (χ0v) is 22.6. The number of imide groups is 2. The van der Waals surface area contributed by atoms with Crippen molar-refractivity contribution in [2.24, 2.45) is 0 Å². The molecule has 40 heavy (non-hydrogen) atoms. The van der Waals surface area contributed by atoms with Crippen LogP contribution in [0, 0.1) is 10.1 Å². The van der Waals surface area contributed by atoms with Gasteiger partial charge in [-0.05, 0) is 61.0 Å². The van der Waals surface area contributed by atoms with Gasteiger partial charge in [0.05, 0.1) is 22.2 Å². The number of ether oxygens (including phenoxy) is 1. The number of rotatable bonds is 8. The third-order valence-electron chi connectivity index (χ3n) is 5.34. The third-order valence-corrected chi connectivity index (χ3v) is 7.11. The Morgan fingerprint density at radius 1 is 1.05 bits per heavy atom. The average molecular weight is 606 g/mol. The molecule has 1 heterocycles. The molecule has 4 amide bonds. The molecule has 1 aliphatic rings. The van der Waals surface area contributed by atoms with Gasteiger partial charge < -0.3 is 8.92 Å². The number of halogens is 2. The highest BCUT2D eigenvalue weighted by atomic mass is 35.5. The summed E-state index contributed by atoms with van der Waals surface area (Å²) in [7, 11) is -4.35. The summed E-state index contributed by atoms with van der Waals surface area (Å²) in [6, 6.07) is 11.4. The predicted octanol–water partition coefficient (Wildman–Crippen LogP) is 4.73. The summed E-state index contributed by atoms with van der Waals surface area (Å²) in [5.41, 5.74) is -0.902. The highest BCUT2D eigenvalue weighted by Gasteiger charge is 2.37. The summed E-state index contributed by atoms with van der Waals surface area (Å²) in [6.45, 7) is 1.69. The Hall–Kier alpha value is -4.46. The second-order valence-corrected chi connectivity index (χ2v) is 10.4. The number of nitro benzene ring substituents is 1. The number of carbonyl (C=O) groups is 3. The standard InChI is InChI=1S/C25H17Cl2N3O9S/c1-2-38-21-12-14(11-20(27)22(21)39-40(36,37)18-8-6-15(26)7-9-18)10-19-23(31)28-25(33)29(24(19)32)16-4-3-5-17(13-16)30(34)35/h3-13H,2H2,1H3,(H,28,31,33)/b19-10+. The maximum absolute atomic E-state index is 13.2. The van der Waals surface area contributed by atoms with Gasteiger partial charge >= 0.3 is 16.1 Å². The number of nitro groups is 1. The number of nitrogens with one attached hydrogen (secondary N) is 1. The Bertz CT molecular complexity index is 1690. The molecule has 1 N–H and O–H groups in total. The van der Waals surface area contributed by atoms with Crippen molar-refractivity contribution in [2.45, 2.75) is 11.8 Å². The lowest BCUT2D eigenvalue weighted by Gasteiger charge is -2.26. The summed E-state index contributed by atoms with van der Waals surface area (Å²) in [4.78, 5) is 49.0. The van der Waals surface area contributed by atoms with Gasteiger partial charge in [-0.2, -0.15) is 8.42 Å². The normalized spacial score (nSPS) is 14.7. The van der Waals surface area contributed by atoms with Crippen molar-refractivity contribution in [2.75, 3.05) is 11.5 Å². The molecule has 0 aromatic heterocycles. The Labute approximate surface area is 237 Å². The van der Waals surface area contributed by atoms with Crippen molar-refractivity contribution in [3.05, 3.63) is 92.0 Å². The summed E-state index contributed by atoms with van der Waals surface area (Å²) >= 11 is 12.2. The SMILES string of the molecule is CCOc1cc(/C=C2\C(=O)NC(=O)N(c3cccc([N+](=O)[O-])c3)C2=O)cc(Cl)c1OS(=O)(=O)c1ccc(Cl)cc1. The van der Waals surface area contributed by atoms with E-state index in [2.05, 4.69) is 0 Å². The molecule has 0 atom stereocenters. The molecule has 1 aliphatic heterocycles. The van der Waals surface area contributed by atoms with Crippen LogP contribution in [0.5, 0.6) is 11.5 Å². The van der Waals surface area contributed by atoms with Crippen molar-refractivity contribution in [1.29, 1.82) is 0 Å². The number of urea groups is 1. The van der Waals surface area contributed by atoms with Crippen molar-refractivity contribution in [1.82, 2.24) is 5.32 Å². The van der Waals surface area contributed by atoms with Gasteiger partial charge in [-0.15, -0.1) is 0 Å². The second kappa shape index (κ2) is 11.3. The molecule has 3 aromatic carbocycles. The van der Waals surface area contributed by atoms with E-state index in [9.17, 15) is 32.9 Å². The van der Waals surface area contributed by atoms with Crippen LogP contribution in [0.1, 0.15) is 12.5 Å². The molecule has 0 spiro atoms. The molecule has 0 aliphatic carbocycles. The van der Waals surface area contributed by atoms with Crippen LogP contribution in [0.2, 0.25) is 10.0 Å². The van der Waals surface area contributed by atoms with Crippen molar-refractivity contribution >= 4 is 68.6 Å². The monoisotopic (exact) mass is 605 g/mol. The quantitative estimate of drug-likeness (QED) is 0.126. The van der Waals surface area contributed by atoms with Crippen LogP contribution < -0.4 is 19.1 Å². The van der Waals surface area contributed by atoms with Crippen LogP contribution in [0.25, 0.3) is 6.08 Å². The Morgan fingerprint density at radius 3 is 2.40 bits per heavy atom. The van der Waals surface area contributed by atoms with Crippen LogP contribution in [-0.2, 0) is 19.7 Å². The molecule has 12 nitrogen and oxygen atoms in total. The Morgan fingerprint density at radius 2 is 1.75 bits per heavy atom. The minimum absolute atomic E-state index is 0.0716. The smallest absolute Gasteiger partial charge is 0.339 e. The lowest BCUT2D eigenvalue weighted by atomic mass is 10.1. The minimum Gasteiger partial charge on any atom is -0.490 e. The molecule has 206 valence electrons. The number of carbonyl (C=O) groups excluding carboxylic acids is 3. The Balaban J connectivity index is 1.72. The van der Waals surface area contributed by atoms with Gasteiger partial charge in [0.1, 0.15) is 10.5 Å². The first kappa shape index (κ1) is 28.5. The number of barbiturate groups is 1. The van der Waals surface area contributed by atoms with E-state index < -0.39 is 38.5 Å². The summed E-state index contributed by atoms with van der Waals surface area (Å²) in [6.07, 6.45) is 1.10. The summed E-state index contributed by atoms with van der Waals surface area (Å²) in [5.74, 6) is -2.55. The van der Waals surface area contributed by atoms with E-state index in [4.69, 9.17) is 32.1 Å². The Kier molecular flexibility index (Phi) is 8.09. The van der Waals surface area contributed by atoms with Crippen LogP contribution in [0.4, 0.5) is 16.2 Å². The van der Waals surface area contributed by atoms with Gasteiger partial charge in [0.15, 0.2) is 5.75 Å². The second-order valence-electron chi connectivity index (χ2n) is 7.99. The largest absolute Gasteiger partial charge is 0.490 e. The highest BCUT2D eigenvalue weighted by molar-refractivity contribution is 7.87. The number of non-ortho nitro benzene ring substituents is 1. The van der Waals surface area contributed by atoms with Crippen LogP contribution >= 0.6 is 23.2 Å². The van der Waals surface area contributed by atoms with Gasteiger partial charge in [-0.1, -0.05) is 29.3 Å². The maximum atomic E-state index is 13.2. The molecular weight excluding hydrogens is 589 g/mol. The van der Waals surface area contributed by atoms with E-state index in [1.165, 1.54) is 54.6 Å². The zero-order valence-electron chi connectivity index (χ0n) is 20.3. The predicted molar refractivity (Wildman–Crippen MR) is 144 cm³/mol. The van der Waals surface area contributed by atoms with Gasteiger partial charge in [0.25, 0.3) is 17.5 Å². The fourth-order valence-corrected chi connectivity index (χ4v) is 4.96. The first-order chi connectivity index (χ1) is 18.9. The fourth-order valence-electron chi connectivity index (χ4n) is 3.58. The number of nitrogens with zero attached hydrogens (tertiary/aromatic N) is 2. The summed E-state index contributed by atoms with van der Waals surface area (Å²) < 4.78 is 36.4. The molecule has 0 radical (unpaired) electrons. The first-order valence-electron chi connectivity index (χ1n) is 11.2. The van der Waals surface area contributed by atoms with E-state index in [0.717, 1.165) is 12.1 Å². The molecular formula is C25H17Cl2N3O9S. The van der Waals surface area contributed by atoms with E-state index in [0.29, 0.717) is 9.92 Å². The highest BCUT2D eigenvalue weighted by Crippen LogP contribution is 2.39. The molecule has 3 aromatic rings. The molecule has 0 bridgehead atoms. The van der Waals surface area contributed by atoms with E-state index in [1.54, 1.807) is 6.92 Å². The van der Waals surface area contributed by atoms with Gasteiger partial charge in [0, 0.05) is 17.2 Å². The number of benzene rings is 3. The number of amides is 4. The summed E-state index contributed by atoms with van der Waals surface area (Å²) in [5, 5.41) is 13.2. The van der Waals surface area contributed by atoms with Crippen LogP contribution in [0.15, 0.2) is 71.1 Å². The van der Waals surface area contributed by atoms with Crippen molar-refractivity contribution in [3.8, 4) is 11.5 Å². The van der Waals surface area contributed by atoms with Gasteiger partial charge in [-0.25, -0.2) is 9.69 Å². The van der Waals surface area contributed by atoms with Crippen molar-refractivity contribution in [3.63, 3.8) is 0 Å². The number of hydrogen-bond donors (Lipinski definition) is 1. The third kappa shape index (κ3) is 5.91. The lowest BCUT2D eigenvalue weighted by Crippen LogP contribution is -2.54. The minimum atomic E-state index is -4.35. The van der Waals surface area contributed by atoms with Crippen molar-refractivity contribution < 1.29 is 36.6 Å². The molecule has 1 saturated heterocycles. The number of hydrogen-bond acceptors (Lipinski definition) is 9. The van der Waals surface area contributed by atoms with E-state index in [1.807, 2.05) is 5.32 Å². The lowest BCUT2D eigenvalue weighted by molar-refractivity contribution is -0.384. The fraction of sp³-hybridized carbons (Fsp3) is 0.0800. The van der Waals surface area contributed by atoms with E-state index >= 15 is 0 Å². The molecule has 1 fully saturated rings. The maximum Gasteiger partial charge on any atom is 0.339 e. The molecule has 4 rings (SSSR count). The van der Waals surface area contributed by atoms with E-state index in [-0.39, 0.29) is 45.0 Å². The van der Waals surface area contributed by atoms with Crippen LogP contribution in [0.3, 0.4) is 0 Å². The van der Waals surface area contributed by atoms with Gasteiger partial charge in [-0.3, -0.25) is 25.0 Å². The van der Waals surface area contributed by atoms with Gasteiger partial charge in [0.2, 0.25) is 5.75 Å². The molecule has 0 saturated carbocycles. The van der Waals surface area contributed by atoms with Crippen LogP contribution in [-0.4, -0.2) is 37.8 Å². The molecule has 0 unspecified atom stereocenters. The topological polar surface area (TPSA) is 162 Å². The first-order valence-corrected chi connectivity index (χ1v) is 13.4. The number of anilines is 1. The average Bonchev–Trinajstić information content (AvgIpc) is 2.89.